The molecule has 86 valence electrons. The van der Waals surface area contributed by atoms with Gasteiger partial charge in [0.05, 0.1) is 25.5 Å². The van der Waals surface area contributed by atoms with Crippen molar-refractivity contribution in [3.05, 3.63) is 25.2 Å². The fraction of sp³-hybridized carbons (Fsp3) is 0.400. The van der Waals surface area contributed by atoms with Crippen LogP contribution in [0, 0.1) is 0 Å². The lowest BCUT2D eigenvalue weighted by atomic mass is 10.4. The first kappa shape index (κ1) is 10.7. The minimum Gasteiger partial charge on any atom is -0.505 e. The Morgan fingerprint density at radius 1 is 1.25 bits per heavy atom. The second-order valence-corrected chi connectivity index (χ2v) is 3.43. The Hall–Kier alpha value is -1.82. The molecule has 0 aliphatic carbocycles. The van der Waals surface area contributed by atoms with Crippen molar-refractivity contribution in [3.8, 4) is 5.75 Å². The third-order valence-corrected chi connectivity index (χ3v) is 2.37. The Labute approximate surface area is 93.7 Å². The van der Waals surface area contributed by atoms with E-state index in [1.165, 1.54) is 18.7 Å². The predicted molar refractivity (Wildman–Crippen MR) is 58.8 cm³/mol. The normalized spacial score (nSPS) is 17.1. The van der Waals surface area contributed by atoms with E-state index in [0.717, 1.165) is 26.2 Å². The molecule has 2 rings (SSSR count). The van der Waals surface area contributed by atoms with Gasteiger partial charge < -0.3 is 14.8 Å². The van der Waals surface area contributed by atoms with Crippen LogP contribution in [0.5, 0.6) is 5.75 Å². The van der Waals surface area contributed by atoms with Crippen molar-refractivity contribution in [1.82, 2.24) is 15.0 Å². The van der Waals surface area contributed by atoms with Crippen molar-refractivity contribution >= 4 is 5.95 Å². The highest BCUT2D eigenvalue weighted by atomic mass is 16.7. The zero-order chi connectivity index (χ0) is 11.4. The first-order chi connectivity index (χ1) is 7.79. The van der Waals surface area contributed by atoms with Crippen LogP contribution >= 0.6 is 0 Å². The van der Waals surface area contributed by atoms with Gasteiger partial charge in [-0.3, -0.25) is 0 Å². The molecule has 1 fully saturated rings. The van der Waals surface area contributed by atoms with Crippen molar-refractivity contribution in [3.63, 3.8) is 0 Å². The summed E-state index contributed by atoms with van der Waals surface area (Å²) in [5, 5.41) is 10.9. The number of hydroxylamine groups is 2. The standard InChI is InChI=1S/C10H14N4O2/c1-2-16-14-5-3-13(4-6-14)10-11-7-9(15)8-12-10/h2,7-8,15H,1,3-6H2. The number of aromatic hydroxyl groups is 1. The molecule has 2 heterocycles. The summed E-state index contributed by atoms with van der Waals surface area (Å²) >= 11 is 0. The van der Waals surface area contributed by atoms with Crippen molar-refractivity contribution < 1.29 is 9.94 Å². The van der Waals surface area contributed by atoms with Crippen LogP contribution in [0.1, 0.15) is 0 Å². The zero-order valence-corrected chi connectivity index (χ0v) is 8.91. The van der Waals surface area contributed by atoms with Crippen LogP contribution in [0.2, 0.25) is 0 Å². The van der Waals surface area contributed by atoms with Crippen LogP contribution in [-0.4, -0.2) is 46.3 Å². The highest BCUT2D eigenvalue weighted by molar-refractivity contribution is 5.31. The lowest BCUT2D eigenvalue weighted by Gasteiger charge is -2.32. The molecule has 1 aromatic rings. The van der Waals surface area contributed by atoms with Crippen molar-refractivity contribution in [2.45, 2.75) is 0 Å². The smallest absolute Gasteiger partial charge is 0.225 e. The fourth-order valence-corrected chi connectivity index (χ4v) is 1.58. The maximum atomic E-state index is 9.08. The molecule has 1 aliphatic heterocycles. The second kappa shape index (κ2) is 4.80. The van der Waals surface area contributed by atoms with E-state index in [9.17, 15) is 0 Å². The average Bonchev–Trinajstić information content (AvgIpc) is 2.32. The van der Waals surface area contributed by atoms with E-state index in [0.29, 0.717) is 5.95 Å². The van der Waals surface area contributed by atoms with E-state index in [4.69, 9.17) is 9.94 Å². The largest absolute Gasteiger partial charge is 0.505 e. The van der Waals surface area contributed by atoms with Crippen LogP contribution in [0.3, 0.4) is 0 Å². The SMILES string of the molecule is C=CON1CCN(c2ncc(O)cn2)CC1. The molecule has 0 radical (unpaired) electrons. The Morgan fingerprint density at radius 2 is 1.88 bits per heavy atom. The molecule has 6 nitrogen and oxygen atoms in total. The minimum atomic E-state index is 0.0809. The van der Waals surface area contributed by atoms with Gasteiger partial charge >= 0.3 is 0 Å². The summed E-state index contributed by atoms with van der Waals surface area (Å²) in [6.45, 7) is 6.64. The monoisotopic (exact) mass is 222 g/mol. The van der Waals surface area contributed by atoms with Gasteiger partial charge in [0.15, 0.2) is 5.75 Å². The maximum absolute atomic E-state index is 9.08. The zero-order valence-electron chi connectivity index (χ0n) is 8.91. The van der Waals surface area contributed by atoms with Gasteiger partial charge in [0, 0.05) is 13.1 Å². The van der Waals surface area contributed by atoms with Gasteiger partial charge in [-0.05, 0) is 0 Å². The third-order valence-electron chi connectivity index (χ3n) is 2.37. The van der Waals surface area contributed by atoms with Crippen molar-refractivity contribution in [2.24, 2.45) is 0 Å². The minimum absolute atomic E-state index is 0.0809. The van der Waals surface area contributed by atoms with E-state index in [-0.39, 0.29) is 5.75 Å². The fourth-order valence-electron chi connectivity index (χ4n) is 1.58. The Bertz CT molecular complexity index is 346. The molecule has 1 aliphatic rings. The van der Waals surface area contributed by atoms with Gasteiger partial charge in [-0.1, -0.05) is 6.58 Å². The highest BCUT2D eigenvalue weighted by Gasteiger charge is 2.18. The summed E-state index contributed by atoms with van der Waals surface area (Å²) < 4.78 is 0. The van der Waals surface area contributed by atoms with Gasteiger partial charge in [-0.2, -0.15) is 0 Å². The van der Waals surface area contributed by atoms with Crippen molar-refractivity contribution in [1.29, 1.82) is 0 Å². The molecular weight excluding hydrogens is 208 g/mol. The van der Waals surface area contributed by atoms with Gasteiger partial charge in [-0.25, -0.2) is 9.97 Å². The second-order valence-electron chi connectivity index (χ2n) is 3.43. The molecule has 0 unspecified atom stereocenters. The summed E-state index contributed by atoms with van der Waals surface area (Å²) in [5.41, 5.74) is 0. The van der Waals surface area contributed by atoms with Crippen LogP contribution in [0.15, 0.2) is 25.2 Å². The van der Waals surface area contributed by atoms with Gasteiger partial charge in [0.1, 0.15) is 6.26 Å². The molecule has 0 saturated carbocycles. The lowest BCUT2D eigenvalue weighted by Crippen LogP contribution is -2.46. The van der Waals surface area contributed by atoms with E-state index in [2.05, 4.69) is 16.5 Å². The molecule has 1 aromatic heterocycles. The third kappa shape index (κ3) is 2.40. The molecule has 0 spiro atoms. The average molecular weight is 222 g/mol. The summed E-state index contributed by atoms with van der Waals surface area (Å²) in [6, 6.07) is 0. The van der Waals surface area contributed by atoms with Gasteiger partial charge in [-0.15, -0.1) is 5.06 Å². The lowest BCUT2D eigenvalue weighted by molar-refractivity contribution is -0.105. The van der Waals surface area contributed by atoms with E-state index in [1.807, 2.05) is 9.96 Å². The Kier molecular flexibility index (Phi) is 3.21. The highest BCUT2D eigenvalue weighted by Crippen LogP contribution is 2.12. The van der Waals surface area contributed by atoms with Gasteiger partial charge in [0.2, 0.25) is 5.95 Å². The molecule has 0 bridgehead atoms. The van der Waals surface area contributed by atoms with Crippen LogP contribution < -0.4 is 4.90 Å². The topological polar surface area (TPSA) is 61.7 Å². The molecule has 0 atom stereocenters. The first-order valence-electron chi connectivity index (χ1n) is 5.08. The number of anilines is 1. The van der Waals surface area contributed by atoms with Crippen molar-refractivity contribution in [2.75, 3.05) is 31.1 Å². The summed E-state index contributed by atoms with van der Waals surface area (Å²) in [6.07, 6.45) is 4.22. The molecular formula is C10H14N4O2. The van der Waals surface area contributed by atoms with Crippen LogP contribution in [-0.2, 0) is 4.84 Å². The number of rotatable bonds is 3. The molecule has 0 amide bonds. The quantitative estimate of drug-likeness (QED) is 0.746. The molecule has 0 aromatic carbocycles. The van der Waals surface area contributed by atoms with Crippen LogP contribution in [0.4, 0.5) is 5.95 Å². The van der Waals surface area contributed by atoms with Gasteiger partial charge in [0.25, 0.3) is 0 Å². The maximum Gasteiger partial charge on any atom is 0.225 e. The first-order valence-corrected chi connectivity index (χ1v) is 5.08. The summed E-state index contributed by atoms with van der Waals surface area (Å²) in [5.74, 6) is 0.716. The van der Waals surface area contributed by atoms with E-state index in [1.54, 1.807) is 0 Å². The van der Waals surface area contributed by atoms with E-state index < -0.39 is 0 Å². The Balaban J connectivity index is 1.93. The number of nitrogens with zero attached hydrogens (tertiary/aromatic N) is 4. The number of aromatic nitrogens is 2. The van der Waals surface area contributed by atoms with Crippen LogP contribution in [0.25, 0.3) is 0 Å². The predicted octanol–water partition coefficient (Wildman–Crippen LogP) is 0.379. The molecule has 6 heteroatoms. The molecule has 1 saturated heterocycles. The molecule has 16 heavy (non-hydrogen) atoms. The summed E-state index contributed by atoms with van der Waals surface area (Å²) in [7, 11) is 0. The number of hydrogen-bond acceptors (Lipinski definition) is 6. The van der Waals surface area contributed by atoms with E-state index >= 15 is 0 Å². The molecule has 1 N–H and O–H groups in total. The number of hydrogen-bond donors (Lipinski definition) is 1. The Morgan fingerprint density at radius 3 is 2.44 bits per heavy atom. The number of piperazine rings is 1. The summed E-state index contributed by atoms with van der Waals surface area (Å²) in [4.78, 5) is 15.3.